The highest BCUT2D eigenvalue weighted by Gasteiger charge is 2.12. The summed E-state index contributed by atoms with van der Waals surface area (Å²) in [4.78, 5) is 3.95. The number of nitrogens with one attached hydrogen (secondary N) is 1. The van der Waals surface area contributed by atoms with Gasteiger partial charge < -0.3 is 4.74 Å². The zero-order valence-corrected chi connectivity index (χ0v) is 11.7. The third kappa shape index (κ3) is 5.58. The van der Waals surface area contributed by atoms with E-state index in [4.69, 9.17) is 4.74 Å². The summed E-state index contributed by atoms with van der Waals surface area (Å²) in [5, 5.41) is 0.786. The molecular formula is C10H15BrN2O3S. The third-order valence-corrected chi connectivity index (χ3v) is 3.69. The summed E-state index contributed by atoms with van der Waals surface area (Å²) in [6, 6.07) is 3.10. The molecule has 0 aliphatic rings. The van der Waals surface area contributed by atoms with Crippen molar-refractivity contribution >= 4 is 26.0 Å². The van der Waals surface area contributed by atoms with Crippen LogP contribution in [0.1, 0.15) is 6.42 Å². The summed E-state index contributed by atoms with van der Waals surface area (Å²) in [5.41, 5.74) is 0. The zero-order chi connectivity index (χ0) is 12.6. The largest absolute Gasteiger partial charge is 0.381 e. The lowest BCUT2D eigenvalue weighted by molar-refractivity contribution is 0.149. The van der Waals surface area contributed by atoms with Gasteiger partial charge in [0.2, 0.25) is 10.0 Å². The monoisotopic (exact) mass is 322 g/mol. The van der Waals surface area contributed by atoms with Crippen molar-refractivity contribution in [3.8, 4) is 0 Å². The van der Waals surface area contributed by atoms with Gasteiger partial charge in [-0.05, 0) is 18.6 Å². The van der Waals surface area contributed by atoms with Gasteiger partial charge in [-0.25, -0.2) is 13.1 Å². The normalized spacial score (nSPS) is 11.6. The molecule has 0 aliphatic carbocycles. The molecule has 1 aromatic heterocycles. The molecule has 0 fully saturated rings. The molecule has 1 heterocycles. The van der Waals surface area contributed by atoms with Crippen LogP contribution in [-0.4, -0.2) is 38.5 Å². The Morgan fingerprint density at radius 1 is 1.41 bits per heavy atom. The lowest BCUT2D eigenvalue weighted by Gasteiger charge is -2.06. The second-order valence-corrected chi connectivity index (χ2v) is 5.80. The summed E-state index contributed by atoms with van der Waals surface area (Å²) in [6.45, 7) is 1.54. The van der Waals surface area contributed by atoms with E-state index in [0.29, 0.717) is 26.2 Å². The molecule has 1 N–H and O–H groups in total. The molecule has 0 atom stereocenters. The molecule has 17 heavy (non-hydrogen) atoms. The van der Waals surface area contributed by atoms with E-state index in [1.165, 1.54) is 18.5 Å². The molecule has 0 bridgehead atoms. The quantitative estimate of drug-likeness (QED) is 0.576. The molecular weight excluding hydrogens is 308 g/mol. The standard InChI is InChI=1S/C10H15BrN2O3S/c11-4-8-16-7-2-6-13-17(14,15)10-3-1-5-12-9-10/h1,3,5,9,13H,2,4,6-8H2. The van der Waals surface area contributed by atoms with E-state index in [1.807, 2.05) is 0 Å². The van der Waals surface area contributed by atoms with Crippen molar-refractivity contribution in [3.63, 3.8) is 0 Å². The van der Waals surface area contributed by atoms with Gasteiger partial charge in [-0.15, -0.1) is 0 Å². The molecule has 0 radical (unpaired) electrons. The SMILES string of the molecule is O=S(=O)(NCCCOCCBr)c1cccnc1. The van der Waals surface area contributed by atoms with E-state index < -0.39 is 10.0 Å². The van der Waals surface area contributed by atoms with Gasteiger partial charge in [-0.3, -0.25) is 4.98 Å². The Morgan fingerprint density at radius 2 is 2.24 bits per heavy atom. The number of halogens is 1. The molecule has 1 rings (SSSR count). The number of nitrogens with zero attached hydrogens (tertiary/aromatic N) is 1. The molecule has 0 aliphatic heterocycles. The number of hydrogen-bond donors (Lipinski definition) is 1. The van der Waals surface area contributed by atoms with E-state index in [2.05, 4.69) is 25.6 Å². The first kappa shape index (κ1) is 14.6. The van der Waals surface area contributed by atoms with Gasteiger partial charge in [0.15, 0.2) is 0 Å². The second kappa shape index (κ2) is 7.75. The van der Waals surface area contributed by atoms with Gasteiger partial charge in [-0.2, -0.15) is 0 Å². The highest BCUT2D eigenvalue weighted by molar-refractivity contribution is 9.09. The molecule has 0 unspecified atom stereocenters. The maximum absolute atomic E-state index is 11.7. The predicted molar refractivity (Wildman–Crippen MR) is 68.7 cm³/mol. The molecule has 0 aromatic carbocycles. The van der Waals surface area contributed by atoms with Gasteiger partial charge in [-0.1, -0.05) is 15.9 Å². The minimum Gasteiger partial charge on any atom is -0.381 e. The number of pyridine rings is 1. The Balaban J connectivity index is 2.31. The first-order valence-electron chi connectivity index (χ1n) is 5.20. The van der Waals surface area contributed by atoms with Crippen LogP contribution in [0.4, 0.5) is 0 Å². The van der Waals surface area contributed by atoms with Crippen molar-refractivity contribution in [1.29, 1.82) is 0 Å². The first-order valence-corrected chi connectivity index (χ1v) is 7.80. The molecule has 0 amide bonds. The summed E-state index contributed by atoms with van der Waals surface area (Å²) in [5.74, 6) is 0. The maximum atomic E-state index is 11.7. The molecule has 1 aromatic rings. The maximum Gasteiger partial charge on any atom is 0.242 e. The van der Waals surface area contributed by atoms with Crippen molar-refractivity contribution < 1.29 is 13.2 Å². The smallest absolute Gasteiger partial charge is 0.242 e. The van der Waals surface area contributed by atoms with E-state index in [-0.39, 0.29) is 4.90 Å². The fraction of sp³-hybridized carbons (Fsp3) is 0.500. The number of rotatable bonds is 8. The van der Waals surface area contributed by atoms with Crippen molar-refractivity contribution in [1.82, 2.24) is 9.71 Å². The van der Waals surface area contributed by atoms with Crippen LogP contribution in [0, 0.1) is 0 Å². The average Bonchev–Trinajstić information content (AvgIpc) is 2.35. The lowest BCUT2D eigenvalue weighted by atomic mass is 10.5. The Hall–Kier alpha value is -0.500. The molecule has 0 spiro atoms. The highest BCUT2D eigenvalue weighted by Crippen LogP contribution is 2.04. The first-order chi connectivity index (χ1) is 8.17. The number of aromatic nitrogens is 1. The van der Waals surface area contributed by atoms with Crippen LogP contribution in [-0.2, 0) is 14.8 Å². The van der Waals surface area contributed by atoms with E-state index in [9.17, 15) is 8.42 Å². The number of ether oxygens (including phenoxy) is 1. The van der Waals surface area contributed by atoms with Crippen molar-refractivity contribution in [2.45, 2.75) is 11.3 Å². The van der Waals surface area contributed by atoms with Crippen LogP contribution < -0.4 is 4.72 Å². The molecule has 0 saturated heterocycles. The minimum absolute atomic E-state index is 0.182. The number of alkyl halides is 1. The third-order valence-electron chi connectivity index (χ3n) is 1.92. The fourth-order valence-electron chi connectivity index (χ4n) is 1.13. The molecule has 96 valence electrons. The van der Waals surface area contributed by atoms with Gasteiger partial charge in [0.25, 0.3) is 0 Å². The molecule has 7 heteroatoms. The van der Waals surface area contributed by atoms with Gasteiger partial charge in [0.1, 0.15) is 4.90 Å². The van der Waals surface area contributed by atoms with Crippen LogP contribution in [0.15, 0.2) is 29.4 Å². The average molecular weight is 323 g/mol. The fourth-order valence-corrected chi connectivity index (χ4v) is 2.39. The van der Waals surface area contributed by atoms with Gasteiger partial charge >= 0.3 is 0 Å². The Bertz CT molecular complexity index is 411. The van der Waals surface area contributed by atoms with Crippen molar-refractivity contribution in [3.05, 3.63) is 24.5 Å². The summed E-state index contributed by atoms with van der Waals surface area (Å²) >= 11 is 3.24. The Kier molecular flexibility index (Phi) is 6.64. The summed E-state index contributed by atoms with van der Waals surface area (Å²) in [7, 11) is -3.43. The minimum atomic E-state index is -3.43. The number of sulfonamides is 1. The predicted octanol–water partition coefficient (Wildman–Crippen LogP) is 1.16. The summed E-state index contributed by atoms with van der Waals surface area (Å²) < 4.78 is 31.1. The van der Waals surface area contributed by atoms with Crippen LogP contribution in [0.2, 0.25) is 0 Å². The summed E-state index contributed by atoms with van der Waals surface area (Å²) in [6.07, 6.45) is 3.50. The van der Waals surface area contributed by atoms with Crippen LogP contribution in [0.25, 0.3) is 0 Å². The van der Waals surface area contributed by atoms with E-state index >= 15 is 0 Å². The van der Waals surface area contributed by atoms with Crippen molar-refractivity contribution in [2.75, 3.05) is 25.1 Å². The highest BCUT2D eigenvalue weighted by atomic mass is 79.9. The Morgan fingerprint density at radius 3 is 2.88 bits per heavy atom. The van der Waals surface area contributed by atoms with Gasteiger partial charge in [0.05, 0.1) is 6.61 Å². The van der Waals surface area contributed by atoms with Crippen LogP contribution >= 0.6 is 15.9 Å². The lowest BCUT2D eigenvalue weighted by Crippen LogP contribution is -2.25. The van der Waals surface area contributed by atoms with Gasteiger partial charge in [0, 0.05) is 30.9 Å². The Labute approximate surface area is 110 Å². The van der Waals surface area contributed by atoms with Crippen LogP contribution in [0.5, 0.6) is 0 Å². The molecule has 0 saturated carbocycles. The van der Waals surface area contributed by atoms with Crippen molar-refractivity contribution in [2.24, 2.45) is 0 Å². The number of hydrogen-bond acceptors (Lipinski definition) is 4. The van der Waals surface area contributed by atoms with E-state index in [1.54, 1.807) is 6.07 Å². The second-order valence-electron chi connectivity index (χ2n) is 3.24. The topological polar surface area (TPSA) is 68.3 Å². The van der Waals surface area contributed by atoms with E-state index in [0.717, 1.165) is 5.33 Å². The van der Waals surface area contributed by atoms with Crippen LogP contribution in [0.3, 0.4) is 0 Å². The zero-order valence-electron chi connectivity index (χ0n) is 9.30. The molecule has 5 nitrogen and oxygen atoms in total.